The molecule has 1 heterocycles. The number of carbonyl (C=O) groups excluding carboxylic acids is 2. The van der Waals surface area contributed by atoms with Crippen LogP contribution in [-0.2, 0) is 22.6 Å². The van der Waals surface area contributed by atoms with Crippen molar-refractivity contribution in [2.45, 2.75) is 33.2 Å². The summed E-state index contributed by atoms with van der Waals surface area (Å²) in [6, 6.07) is 6.96. The Labute approximate surface area is 139 Å². The smallest absolute Gasteiger partial charge is 0.244 e. The molecule has 0 bridgehead atoms. The maximum atomic E-state index is 12.2. The van der Waals surface area contributed by atoms with Crippen molar-refractivity contribution in [2.24, 2.45) is 0 Å². The maximum absolute atomic E-state index is 12.2. The van der Waals surface area contributed by atoms with Gasteiger partial charge in [-0.3, -0.25) is 19.3 Å². The molecule has 0 aliphatic carbocycles. The lowest BCUT2D eigenvalue weighted by atomic mass is 10.2. The molecule has 8 heteroatoms. The minimum atomic E-state index is -0.208. The second kappa shape index (κ2) is 7.68. The predicted molar refractivity (Wildman–Crippen MR) is 90.8 cm³/mol. The van der Waals surface area contributed by atoms with Crippen LogP contribution in [0.15, 0.2) is 24.3 Å². The quantitative estimate of drug-likeness (QED) is 0.708. The molecule has 2 aromatic rings. The van der Waals surface area contributed by atoms with Crippen molar-refractivity contribution in [3.05, 3.63) is 34.9 Å². The Balaban J connectivity index is 2.07. The number of nitrogens with one attached hydrogen (secondary N) is 3. The van der Waals surface area contributed by atoms with Crippen LogP contribution in [-0.4, -0.2) is 26.6 Å². The molecular formula is C15H19N5O2S. The van der Waals surface area contributed by atoms with Gasteiger partial charge in [-0.05, 0) is 36.8 Å². The van der Waals surface area contributed by atoms with Crippen LogP contribution in [0.2, 0.25) is 0 Å². The van der Waals surface area contributed by atoms with E-state index < -0.39 is 0 Å². The molecule has 0 saturated heterocycles. The van der Waals surface area contributed by atoms with Crippen molar-refractivity contribution in [2.75, 3.05) is 10.6 Å². The molecule has 23 heavy (non-hydrogen) atoms. The van der Waals surface area contributed by atoms with Crippen LogP contribution < -0.4 is 10.6 Å². The van der Waals surface area contributed by atoms with Crippen LogP contribution in [0, 0.1) is 4.77 Å². The monoisotopic (exact) mass is 333 g/mol. The third kappa shape index (κ3) is 4.75. The number of nitrogens with zero attached hydrogens (tertiary/aromatic N) is 2. The summed E-state index contributed by atoms with van der Waals surface area (Å²) in [6.07, 6.45) is 1.67. The van der Waals surface area contributed by atoms with Crippen molar-refractivity contribution < 1.29 is 9.59 Å². The molecular weight excluding hydrogens is 314 g/mol. The van der Waals surface area contributed by atoms with Crippen molar-refractivity contribution in [1.29, 1.82) is 0 Å². The van der Waals surface area contributed by atoms with Gasteiger partial charge < -0.3 is 10.6 Å². The normalized spacial score (nSPS) is 10.3. The molecule has 0 fully saturated rings. The predicted octanol–water partition coefficient (Wildman–Crippen LogP) is 2.49. The Morgan fingerprint density at radius 1 is 1.30 bits per heavy atom. The number of H-pyrrole nitrogens is 1. The lowest BCUT2D eigenvalue weighted by Crippen LogP contribution is -2.20. The average molecular weight is 333 g/mol. The van der Waals surface area contributed by atoms with Gasteiger partial charge in [0.1, 0.15) is 12.4 Å². The van der Waals surface area contributed by atoms with E-state index in [0.29, 0.717) is 16.1 Å². The Hall–Kier alpha value is -2.48. The third-order valence-electron chi connectivity index (χ3n) is 3.08. The standard InChI is InChI=1S/C15H19N5O2S/c1-3-5-13-18-19-15(23)20(13)9-14(22)17-12-7-4-6-11(8-12)16-10(2)21/h4,6-8H,3,5,9H2,1-2H3,(H,16,21)(H,17,22)(H,19,23). The fourth-order valence-corrected chi connectivity index (χ4v) is 2.37. The van der Waals surface area contributed by atoms with E-state index in [4.69, 9.17) is 12.2 Å². The number of aromatic amines is 1. The highest BCUT2D eigenvalue weighted by Gasteiger charge is 2.10. The molecule has 0 saturated carbocycles. The van der Waals surface area contributed by atoms with Gasteiger partial charge in [0.2, 0.25) is 11.8 Å². The van der Waals surface area contributed by atoms with Gasteiger partial charge in [0.05, 0.1) is 0 Å². The molecule has 7 nitrogen and oxygen atoms in total. The topological polar surface area (TPSA) is 91.8 Å². The molecule has 3 N–H and O–H groups in total. The van der Waals surface area contributed by atoms with Crippen LogP contribution in [0.25, 0.3) is 0 Å². The Bertz CT molecular complexity index is 765. The first-order chi connectivity index (χ1) is 11.0. The molecule has 0 aliphatic rings. The van der Waals surface area contributed by atoms with E-state index in [1.54, 1.807) is 28.8 Å². The molecule has 0 spiro atoms. The van der Waals surface area contributed by atoms with Gasteiger partial charge in [0.25, 0.3) is 0 Å². The lowest BCUT2D eigenvalue weighted by molar-refractivity contribution is -0.117. The van der Waals surface area contributed by atoms with Gasteiger partial charge in [-0.25, -0.2) is 0 Å². The number of benzene rings is 1. The number of aromatic nitrogens is 3. The number of rotatable bonds is 6. The zero-order chi connectivity index (χ0) is 16.8. The molecule has 2 rings (SSSR count). The SMILES string of the molecule is CCCc1n[nH]c(=S)n1CC(=O)Nc1cccc(NC(C)=O)c1. The van der Waals surface area contributed by atoms with E-state index in [1.165, 1.54) is 6.92 Å². The lowest BCUT2D eigenvalue weighted by Gasteiger charge is -2.09. The largest absolute Gasteiger partial charge is 0.326 e. The van der Waals surface area contributed by atoms with Crippen LogP contribution in [0.4, 0.5) is 11.4 Å². The zero-order valence-corrected chi connectivity index (χ0v) is 13.9. The Kier molecular flexibility index (Phi) is 5.64. The van der Waals surface area contributed by atoms with Crippen molar-refractivity contribution in [3.8, 4) is 0 Å². The Morgan fingerprint density at radius 3 is 2.65 bits per heavy atom. The average Bonchev–Trinajstić information content (AvgIpc) is 2.80. The zero-order valence-electron chi connectivity index (χ0n) is 13.0. The van der Waals surface area contributed by atoms with Crippen molar-refractivity contribution in [1.82, 2.24) is 14.8 Å². The Morgan fingerprint density at radius 2 is 2.00 bits per heavy atom. The van der Waals surface area contributed by atoms with Crippen LogP contribution >= 0.6 is 12.2 Å². The molecule has 2 amide bonds. The van der Waals surface area contributed by atoms with Gasteiger partial charge in [0.15, 0.2) is 4.77 Å². The summed E-state index contributed by atoms with van der Waals surface area (Å²) >= 11 is 5.16. The highest BCUT2D eigenvalue weighted by molar-refractivity contribution is 7.71. The van der Waals surface area contributed by atoms with Crippen LogP contribution in [0.5, 0.6) is 0 Å². The number of aryl methyl sites for hydroxylation is 1. The number of carbonyl (C=O) groups is 2. The number of amides is 2. The maximum Gasteiger partial charge on any atom is 0.244 e. The van der Waals surface area contributed by atoms with E-state index in [9.17, 15) is 9.59 Å². The van der Waals surface area contributed by atoms with Crippen LogP contribution in [0.1, 0.15) is 26.1 Å². The molecule has 1 aromatic carbocycles. The summed E-state index contributed by atoms with van der Waals surface area (Å²) in [5.41, 5.74) is 1.23. The van der Waals surface area contributed by atoms with Crippen molar-refractivity contribution >= 4 is 35.4 Å². The first kappa shape index (κ1) is 16.9. The summed E-state index contributed by atoms with van der Waals surface area (Å²) in [5, 5.41) is 12.3. The van der Waals surface area contributed by atoms with E-state index in [-0.39, 0.29) is 18.4 Å². The van der Waals surface area contributed by atoms with Gasteiger partial charge >= 0.3 is 0 Å². The minimum absolute atomic E-state index is 0.0923. The molecule has 1 aromatic heterocycles. The summed E-state index contributed by atoms with van der Waals surface area (Å²) in [7, 11) is 0. The molecule has 0 unspecified atom stereocenters. The summed E-state index contributed by atoms with van der Waals surface area (Å²) in [5.74, 6) is 0.391. The summed E-state index contributed by atoms with van der Waals surface area (Å²) in [6.45, 7) is 3.56. The first-order valence-electron chi connectivity index (χ1n) is 7.31. The molecule has 0 atom stereocenters. The van der Waals surface area contributed by atoms with Crippen LogP contribution in [0.3, 0.4) is 0 Å². The van der Waals surface area contributed by atoms with Gasteiger partial charge in [-0.15, -0.1) is 0 Å². The number of anilines is 2. The first-order valence-corrected chi connectivity index (χ1v) is 7.72. The fraction of sp³-hybridized carbons (Fsp3) is 0.333. The van der Waals surface area contributed by atoms with E-state index >= 15 is 0 Å². The molecule has 0 aliphatic heterocycles. The highest BCUT2D eigenvalue weighted by atomic mass is 32.1. The number of hydrogen-bond acceptors (Lipinski definition) is 4. The van der Waals surface area contributed by atoms with Gasteiger partial charge in [-0.1, -0.05) is 13.0 Å². The number of hydrogen-bond donors (Lipinski definition) is 3. The van der Waals surface area contributed by atoms with E-state index in [1.807, 2.05) is 6.92 Å². The van der Waals surface area contributed by atoms with Gasteiger partial charge in [-0.2, -0.15) is 5.10 Å². The molecule has 0 radical (unpaired) electrons. The highest BCUT2D eigenvalue weighted by Crippen LogP contribution is 2.15. The van der Waals surface area contributed by atoms with Crippen molar-refractivity contribution in [3.63, 3.8) is 0 Å². The summed E-state index contributed by atoms with van der Waals surface area (Å²) < 4.78 is 2.11. The molecule has 122 valence electrons. The summed E-state index contributed by atoms with van der Waals surface area (Å²) in [4.78, 5) is 23.3. The minimum Gasteiger partial charge on any atom is -0.326 e. The third-order valence-corrected chi connectivity index (χ3v) is 3.39. The van der Waals surface area contributed by atoms with E-state index in [2.05, 4.69) is 20.8 Å². The van der Waals surface area contributed by atoms with E-state index in [0.717, 1.165) is 18.7 Å². The van der Waals surface area contributed by atoms with Gasteiger partial charge in [0, 0.05) is 24.7 Å². The fourth-order valence-electron chi connectivity index (χ4n) is 2.15. The second-order valence-corrected chi connectivity index (χ2v) is 5.48. The second-order valence-electron chi connectivity index (χ2n) is 5.09.